The Morgan fingerprint density at radius 1 is 1.35 bits per heavy atom. The van der Waals surface area contributed by atoms with Crippen LogP contribution in [0.1, 0.15) is 22.3 Å². The molecule has 23 heavy (non-hydrogen) atoms. The highest BCUT2D eigenvalue weighted by atomic mass is 16.2. The standard InChI is InChI=1S/C18H18N4O/c23-18(16-2-1-5-19-11-16)22-7-4-13(12-22)8-14-9-15-3-6-20-17(15)21-10-14/h1-3,5-6,9-11,13H,4,7-8,12H2,(H,20,21)/t13-/m1/s1. The average molecular weight is 306 g/mol. The van der Waals surface area contributed by atoms with Crippen LogP contribution in [0.4, 0.5) is 0 Å². The van der Waals surface area contributed by atoms with Crippen molar-refractivity contribution in [3.05, 3.63) is 60.2 Å². The maximum Gasteiger partial charge on any atom is 0.255 e. The average Bonchev–Trinajstić information content (AvgIpc) is 3.24. The molecule has 0 aromatic carbocycles. The highest BCUT2D eigenvalue weighted by Crippen LogP contribution is 2.23. The van der Waals surface area contributed by atoms with Crippen LogP contribution in [0.2, 0.25) is 0 Å². The lowest BCUT2D eigenvalue weighted by Crippen LogP contribution is -2.29. The zero-order chi connectivity index (χ0) is 15.6. The normalized spacial score (nSPS) is 17.7. The molecule has 0 radical (unpaired) electrons. The van der Waals surface area contributed by atoms with E-state index in [2.05, 4.69) is 21.0 Å². The molecule has 0 bridgehead atoms. The van der Waals surface area contributed by atoms with Gasteiger partial charge in [0, 0.05) is 43.3 Å². The Balaban J connectivity index is 1.43. The van der Waals surface area contributed by atoms with Crippen LogP contribution in [0.15, 0.2) is 49.1 Å². The van der Waals surface area contributed by atoms with E-state index in [-0.39, 0.29) is 5.91 Å². The van der Waals surface area contributed by atoms with Gasteiger partial charge in [-0.1, -0.05) is 0 Å². The number of carbonyl (C=O) groups excluding carboxylic acids is 1. The summed E-state index contributed by atoms with van der Waals surface area (Å²) >= 11 is 0. The van der Waals surface area contributed by atoms with Crippen LogP contribution < -0.4 is 0 Å². The number of aromatic amines is 1. The van der Waals surface area contributed by atoms with Crippen LogP contribution in [-0.2, 0) is 6.42 Å². The van der Waals surface area contributed by atoms with Gasteiger partial charge in [-0.2, -0.15) is 0 Å². The van der Waals surface area contributed by atoms with Crippen molar-refractivity contribution < 1.29 is 4.79 Å². The van der Waals surface area contributed by atoms with E-state index >= 15 is 0 Å². The molecule has 1 fully saturated rings. The van der Waals surface area contributed by atoms with Gasteiger partial charge in [0.1, 0.15) is 5.65 Å². The van der Waals surface area contributed by atoms with Gasteiger partial charge < -0.3 is 9.88 Å². The lowest BCUT2D eigenvalue weighted by atomic mass is 9.99. The second-order valence-corrected chi connectivity index (χ2v) is 6.11. The lowest BCUT2D eigenvalue weighted by molar-refractivity contribution is 0.0786. The lowest BCUT2D eigenvalue weighted by Gasteiger charge is -2.16. The molecular formula is C18H18N4O. The number of fused-ring (bicyclic) bond motifs is 1. The molecule has 1 atom stereocenters. The molecule has 0 spiro atoms. The summed E-state index contributed by atoms with van der Waals surface area (Å²) in [5, 5.41) is 1.14. The number of hydrogen-bond donors (Lipinski definition) is 1. The zero-order valence-electron chi connectivity index (χ0n) is 12.8. The van der Waals surface area contributed by atoms with Gasteiger partial charge in [0.15, 0.2) is 0 Å². The molecule has 1 aliphatic rings. The Morgan fingerprint density at radius 3 is 3.17 bits per heavy atom. The summed E-state index contributed by atoms with van der Waals surface area (Å²) < 4.78 is 0. The van der Waals surface area contributed by atoms with Gasteiger partial charge in [-0.05, 0) is 48.6 Å². The van der Waals surface area contributed by atoms with Gasteiger partial charge in [-0.25, -0.2) is 4.98 Å². The first-order valence-electron chi connectivity index (χ1n) is 7.91. The Morgan fingerprint density at radius 2 is 2.30 bits per heavy atom. The first kappa shape index (κ1) is 13.9. The quantitative estimate of drug-likeness (QED) is 0.809. The molecule has 0 aliphatic carbocycles. The minimum atomic E-state index is 0.0832. The Hall–Kier alpha value is -2.69. The Labute approximate surface area is 134 Å². The largest absolute Gasteiger partial charge is 0.346 e. The Kier molecular flexibility index (Phi) is 3.54. The minimum Gasteiger partial charge on any atom is -0.346 e. The number of hydrogen-bond acceptors (Lipinski definition) is 3. The van der Waals surface area contributed by atoms with E-state index in [1.807, 2.05) is 29.4 Å². The maximum atomic E-state index is 12.5. The molecule has 4 heterocycles. The SMILES string of the molecule is O=C(c1cccnc1)N1CC[C@H](Cc2cnc3[nH]ccc3c2)C1. The van der Waals surface area contributed by atoms with Gasteiger partial charge >= 0.3 is 0 Å². The van der Waals surface area contributed by atoms with E-state index in [9.17, 15) is 4.79 Å². The van der Waals surface area contributed by atoms with Crippen molar-refractivity contribution in [1.29, 1.82) is 0 Å². The van der Waals surface area contributed by atoms with E-state index in [0.717, 1.165) is 37.0 Å². The number of amides is 1. The number of H-pyrrole nitrogens is 1. The smallest absolute Gasteiger partial charge is 0.255 e. The van der Waals surface area contributed by atoms with Crippen molar-refractivity contribution in [3.63, 3.8) is 0 Å². The predicted octanol–water partition coefficient (Wildman–Crippen LogP) is 2.66. The molecule has 116 valence electrons. The van der Waals surface area contributed by atoms with Crippen LogP contribution in [0.5, 0.6) is 0 Å². The number of aromatic nitrogens is 3. The highest BCUT2D eigenvalue weighted by Gasteiger charge is 2.27. The summed E-state index contributed by atoms with van der Waals surface area (Å²) in [5.41, 5.74) is 2.83. The summed E-state index contributed by atoms with van der Waals surface area (Å²) in [4.78, 5) is 26.0. The number of pyridine rings is 2. The van der Waals surface area contributed by atoms with Crippen molar-refractivity contribution in [2.75, 3.05) is 13.1 Å². The first-order valence-corrected chi connectivity index (χ1v) is 7.91. The summed E-state index contributed by atoms with van der Waals surface area (Å²) in [6.07, 6.45) is 9.17. The van der Waals surface area contributed by atoms with Crippen LogP contribution in [0, 0.1) is 5.92 Å². The minimum absolute atomic E-state index is 0.0832. The second-order valence-electron chi connectivity index (χ2n) is 6.11. The first-order chi connectivity index (χ1) is 11.3. The molecular weight excluding hydrogens is 288 g/mol. The number of nitrogens with zero attached hydrogens (tertiary/aromatic N) is 3. The maximum absolute atomic E-state index is 12.5. The molecule has 1 N–H and O–H groups in total. The van der Waals surface area contributed by atoms with E-state index in [1.165, 1.54) is 5.56 Å². The monoisotopic (exact) mass is 306 g/mol. The van der Waals surface area contributed by atoms with Gasteiger partial charge in [0.2, 0.25) is 0 Å². The summed E-state index contributed by atoms with van der Waals surface area (Å²) in [5.74, 6) is 0.577. The van der Waals surface area contributed by atoms with E-state index < -0.39 is 0 Å². The second kappa shape index (κ2) is 5.83. The summed E-state index contributed by atoms with van der Waals surface area (Å²) in [6, 6.07) is 7.86. The fourth-order valence-electron chi connectivity index (χ4n) is 3.29. The van der Waals surface area contributed by atoms with Crippen molar-refractivity contribution >= 4 is 16.9 Å². The third-order valence-corrected chi connectivity index (χ3v) is 4.46. The third-order valence-electron chi connectivity index (χ3n) is 4.46. The van der Waals surface area contributed by atoms with Crippen molar-refractivity contribution in [1.82, 2.24) is 19.9 Å². The number of carbonyl (C=O) groups is 1. The van der Waals surface area contributed by atoms with Crippen molar-refractivity contribution in [3.8, 4) is 0 Å². The number of nitrogens with one attached hydrogen (secondary N) is 1. The zero-order valence-corrected chi connectivity index (χ0v) is 12.8. The molecule has 1 saturated heterocycles. The van der Waals surface area contributed by atoms with Gasteiger partial charge in [-0.15, -0.1) is 0 Å². The molecule has 1 amide bonds. The topological polar surface area (TPSA) is 61.9 Å². The highest BCUT2D eigenvalue weighted by molar-refractivity contribution is 5.94. The van der Waals surface area contributed by atoms with E-state index in [4.69, 9.17) is 0 Å². The van der Waals surface area contributed by atoms with Crippen LogP contribution in [0.25, 0.3) is 11.0 Å². The van der Waals surface area contributed by atoms with Crippen LogP contribution >= 0.6 is 0 Å². The molecule has 3 aromatic heterocycles. The van der Waals surface area contributed by atoms with Gasteiger partial charge in [-0.3, -0.25) is 9.78 Å². The molecule has 5 nitrogen and oxygen atoms in total. The molecule has 5 heteroatoms. The summed E-state index contributed by atoms with van der Waals surface area (Å²) in [7, 11) is 0. The van der Waals surface area contributed by atoms with Crippen molar-refractivity contribution in [2.24, 2.45) is 5.92 Å². The predicted molar refractivity (Wildman–Crippen MR) is 88.0 cm³/mol. The van der Waals surface area contributed by atoms with E-state index in [1.54, 1.807) is 18.5 Å². The fourth-order valence-corrected chi connectivity index (χ4v) is 3.29. The van der Waals surface area contributed by atoms with Crippen LogP contribution in [-0.4, -0.2) is 38.8 Å². The Bertz CT molecular complexity index is 827. The molecule has 0 saturated carbocycles. The summed E-state index contributed by atoms with van der Waals surface area (Å²) in [6.45, 7) is 1.62. The van der Waals surface area contributed by atoms with Gasteiger partial charge in [0.05, 0.1) is 5.56 Å². The fraction of sp³-hybridized carbons (Fsp3) is 0.278. The number of rotatable bonds is 3. The number of likely N-dealkylation sites (tertiary alicyclic amines) is 1. The third kappa shape index (κ3) is 2.82. The van der Waals surface area contributed by atoms with Crippen LogP contribution in [0.3, 0.4) is 0 Å². The molecule has 4 rings (SSSR count). The van der Waals surface area contributed by atoms with Crippen molar-refractivity contribution in [2.45, 2.75) is 12.8 Å². The molecule has 3 aromatic rings. The molecule has 1 aliphatic heterocycles. The van der Waals surface area contributed by atoms with E-state index in [0.29, 0.717) is 11.5 Å². The van der Waals surface area contributed by atoms with Gasteiger partial charge in [0.25, 0.3) is 5.91 Å². The molecule has 0 unspecified atom stereocenters.